The molecule has 1 amide bonds. The van der Waals surface area contributed by atoms with Crippen LogP contribution in [0.15, 0.2) is 0 Å². The Morgan fingerprint density at radius 3 is 2.55 bits per heavy atom. The summed E-state index contributed by atoms with van der Waals surface area (Å²) in [5, 5.41) is 3.10. The monoisotopic (exact) mass is 283 g/mol. The Bertz CT molecular complexity index is 322. The largest absolute Gasteiger partial charge is 0.379 e. The lowest BCUT2D eigenvalue weighted by Crippen LogP contribution is -2.44. The van der Waals surface area contributed by atoms with E-state index >= 15 is 0 Å². The molecule has 20 heavy (non-hydrogen) atoms. The third-order valence-corrected chi connectivity index (χ3v) is 4.29. The van der Waals surface area contributed by atoms with Crippen molar-refractivity contribution in [1.82, 2.24) is 15.1 Å². The van der Waals surface area contributed by atoms with E-state index in [2.05, 4.69) is 35.9 Å². The Morgan fingerprint density at radius 2 is 1.95 bits per heavy atom. The van der Waals surface area contributed by atoms with E-state index in [9.17, 15) is 4.79 Å². The van der Waals surface area contributed by atoms with Crippen molar-refractivity contribution in [3.63, 3.8) is 0 Å². The van der Waals surface area contributed by atoms with Gasteiger partial charge >= 0.3 is 0 Å². The minimum Gasteiger partial charge on any atom is -0.379 e. The quantitative estimate of drug-likeness (QED) is 0.819. The van der Waals surface area contributed by atoms with Crippen molar-refractivity contribution in [3.8, 4) is 0 Å². The summed E-state index contributed by atoms with van der Waals surface area (Å²) in [6.07, 6.45) is 1.19. The summed E-state index contributed by atoms with van der Waals surface area (Å²) in [5.74, 6) is 0.754. The molecule has 2 saturated heterocycles. The van der Waals surface area contributed by atoms with E-state index in [1.54, 1.807) is 0 Å². The van der Waals surface area contributed by atoms with E-state index in [0.29, 0.717) is 12.5 Å². The molecule has 0 saturated carbocycles. The predicted molar refractivity (Wildman–Crippen MR) is 79.7 cm³/mol. The lowest BCUT2D eigenvalue weighted by molar-refractivity contribution is -0.123. The van der Waals surface area contributed by atoms with Crippen LogP contribution in [0, 0.1) is 5.92 Å². The third kappa shape index (κ3) is 4.72. The van der Waals surface area contributed by atoms with E-state index in [-0.39, 0.29) is 11.4 Å². The van der Waals surface area contributed by atoms with Gasteiger partial charge in [0.05, 0.1) is 19.8 Å². The smallest absolute Gasteiger partial charge is 0.234 e. The fourth-order valence-electron chi connectivity index (χ4n) is 2.88. The highest BCUT2D eigenvalue weighted by molar-refractivity contribution is 5.78. The normalized spacial score (nSPS) is 25.9. The number of nitrogens with one attached hydrogen (secondary N) is 1. The minimum absolute atomic E-state index is 0.154. The molecule has 5 heteroatoms. The van der Waals surface area contributed by atoms with E-state index < -0.39 is 0 Å². The number of carbonyl (C=O) groups is 1. The molecule has 5 nitrogen and oxygen atoms in total. The summed E-state index contributed by atoms with van der Waals surface area (Å²) in [6, 6.07) is 0. The van der Waals surface area contributed by atoms with Crippen LogP contribution in [0.25, 0.3) is 0 Å². The molecule has 1 unspecified atom stereocenters. The summed E-state index contributed by atoms with van der Waals surface area (Å²) in [7, 11) is 0. The molecule has 0 bridgehead atoms. The molecule has 0 radical (unpaired) electrons. The van der Waals surface area contributed by atoms with Crippen LogP contribution in [0.3, 0.4) is 0 Å². The second-order valence-electron chi connectivity index (χ2n) is 6.96. The second-order valence-corrected chi connectivity index (χ2v) is 6.96. The highest BCUT2D eigenvalue weighted by Gasteiger charge is 2.30. The standard InChI is InChI=1S/C15H29N3O2/c1-15(2,3)18-5-4-13(11-18)10-16-14(19)12-17-6-8-20-9-7-17/h13H,4-12H2,1-3H3,(H,16,19). The predicted octanol–water partition coefficient (Wildman–Crippen LogP) is 0.555. The van der Waals surface area contributed by atoms with Gasteiger partial charge in [0.25, 0.3) is 0 Å². The Hall–Kier alpha value is -0.650. The average molecular weight is 283 g/mol. The maximum absolute atomic E-state index is 11.9. The zero-order valence-electron chi connectivity index (χ0n) is 13.2. The first-order valence-electron chi connectivity index (χ1n) is 7.77. The lowest BCUT2D eigenvalue weighted by Gasteiger charge is -2.31. The van der Waals surface area contributed by atoms with Crippen molar-refractivity contribution >= 4 is 5.91 Å². The number of ether oxygens (including phenoxy) is 1. The minimum atomic E-state index is 0.154. The maximum Gasteiger partial charge on any atom is 0.234 e. The zero-order chi connectivity index (χ0) is 14.6. The van der Waals surface area contributed by atoms with Crippen molar-refractivity contribution < 1.29 is 9.53 Å². The van der Waals surface area contributed by atoms with Crippen molar-refractivity contribution in [2.75, 3.05) is 52.5 Å². The molecule has 0 aromatic rings. The van der Waals surface area contributed by atoms with Crippen LogP contribution in [-0.4, -0.2) is 73.7 Å². The maximum atomic E-state index is 11.9. The Kier molecular flexibility index (Phi) is 5.41. The van der Waals surface area contributed by atoms with Crippen LogP contribution in [0.2, 0.25) is 0 Å². The van der Waals surface area contributed by atoms with Gasteiger partial charge in [0.2, 0.25) is 5.91 Å². The highest BCUT2D eigenvalue weighted by Crippen LogP contribution is 2.23. The van der Waals surface area contributed by atoms with Crippen molar-refractivity contribution in [2.24, 2.45) is 5.92 Å². The van der Waals surface area contributed by atoms with Gasteiger partial charge in [-0.1, -0.05) is 0 Å². The van der Waals surface area contributed by atoms with Crippen LogP contribution in [0.4, 0.5) is 0 Å². The van der Waals surface area contributed by atoms with Gasteiger partial charge in [-0.25, -0.2) is 0 Å². The van der Waals surface area contributed by atoms with Gasteiger partial charge in [-0.3, -0.25) is 14.6 Å². The number of hydrogen-bond acceptors (Lipinski definition) is 4. The number of carbonyl (C=O) groups excluding carboxylic acids is 1. The fourth-order valence-corrected chi connectivity index (χ4v) is 2.88. The van der Waals surface area contributed by atoms with Crippen LogP contribution in [0.1, 0.15) is 27.2 Å². The molecule has 1 atom stereocenters. The first-order valence-corrected chi connectivity index (χ1v) is 7.77. The Balaban J connectivity index is 1.64. The zero-order valence-corrected chi connectivity index (χ0v) is 13.2. The SMILES string of the molecule is CC(C)(C)N1CCC(CNC(=O)CN2CCOCC2)C1. The molecule has 2 heterocycles. The molecule has 0 aliphatic carbocycles. The first-order chi connectivity index (χ1) is 9.45. The van der Waals surface area contributed by atoms with Crippen LogP contribution in [-0.2, 0) is 9.53 Å². The molecule has 116 valence electrons. The van der Waals surface area contributed by atoms with Gasteiger partial charge in [0, 0.05) is 31.7 Å². The number of nitrogens with zero attached hydrogens (tertiary/aromatic N) is 2. The Labute approximate surface area is 122 Å². The van der Waals surface area contributed by atoms with Crippen LogP contribution >= 0.6 is 0 Å². The number of amides is 1. The summed E-state index contributed by atoms with van der Waals surface area (Å²) < 4.78 is 5.29. The summed E-state index contributed by atoms with van der Waals surface area (Å²) in [5.41, 5.74) is 0.243. The Morgan fingerprint density at radius 1 is 1.25 bits per heavy atom. The average Bonchev–Trinajstić information content (AvgIpc) is 2.86. The van der Waals surface area contributed by atoms with E-state index in [0.717, 1.165) is 45.9 Å². The molecule has 2 fully saturated rings. The molecule has 2 aliphatic heterocycles. The van der Waals surface area contributed by atoms with Crippen molar-refractivity contribution in [3.05, 3.63) is 0 Å². The van der Waals surface area contributed by atoms with Gasteiger partial charge in [0.1, 0.15) is 0 Å². The highest BCUT2D eigenvalue weighted by atomic mass is 16.5. The molecular formula is C15H29N3O2. The van der Waals surface area contributed by atoms with E-state index in [4.69, 9.17) is 4.74 Å². The summed E-state index contributed by atoms with van der Waals surface area (Å²) >= 11 is 0. The van der Waals surface area contributed by atoms with Gasteiger partial charge in [-0.15, -0.1) is 0 Å². The molecule has 2 aliphatic rings. The number of likely N-dealkylation sites (tertiary alicyclic amines) is 1. The number of hydrogen-bond donors (Lipinski definition) is 1. The van der Waals surface area contributed by atoms with Crippen molar-refractivity contribution in [2.45, 2.75) is 32.7 Å². The molecule has 1 N–H and O–H groups in total. The van der Waals surface area contributed by atoms with Crippen LogP contribution < -0.4 is 5.32 Å². The summed E-state index contributed by atoms with van der Waals surface area (Å²) in [4.78, 5) is 16.6. The molecule has 2 rings (SSSR count). The first kappa shape index (κ1) is 15.7. The van der Waals surface area contributed by atoms with Gasteiger partial charge in [-0.05, 0) is 39.7 Å². The summed E-state index contributed by atoms with van der Waals surface area (Å²) in [6.45, 7) is 13.6. The van der Waals surface area contributed by atoms with E-state index in [1.807, 2.05) is 0 Å². The van der Waals surface area contributed by atoms with Gasteiger partial charge in [0.15, 0.2) is 0 Å². The third-order valence-electron chi connectivity index (χ3n) is 4.29. The number of morpholine rings is 1. The van der Waals surface area contributed by atoms with Crippen molar-refractivity contribution in [1.29, 1.82) is 0 Å². The molecule has 0 aromatic heterocycles. The van der Waals surface area contributed by atoms with E-state index in [1.165, 1.54) is 6.42 Å². The topological polar surface area (TPSA) is 44.8 Å². The number of rotatable bonds is 4. The van der Waals surface area contributed by atoms with Crippen LogP contribution in [0.5, 0.6) is 0 Å². The van der Waals surface area contributed by atoms with Gasteiger partial charge in [-0.2, -0.15) is 0 Å². The fraction of sp³-hybridized carbons (Fsp3) is 0.933. The molecular weight excluding hydrogens is 254 g/mol. The van der Waals surface area contributed by atoms with Gasteiger partial charge < -0.3 is 10.1 Å². The second kappa shape index (κ2) is 6.87. The molecule has 0 spiro atoms. The lowest BCUT2D eigenvalue weighted by atomic mass is 10.1. The molecule has 0 aromatic carbocycles.